The molecule has 1 aromatic heterocycles. The van der Waals surface area contributed by atoms with E-state index in [-0.39, 0.29) is 18.5 Å². The number of methoxy groups -OCH3 is 1. The number of urea groups is 1. The first-order valence-corrected chi connectivity index (χ1v) is 13.5. The van der Waals surface area contributed by atoms with Crippen molar-refractivity contribution in [3.05, 3.63) is 42.4 Å². The van der Waals surface area contributed by atoms with Crippen LogP contribution in [-0.4, -0.2) is 53.7 Å². The highest BCUT2D eigenvalue weighted by Crippen LogP contribution is 2.18. The maximum Gasteiger partial charge on any atom is 0.337 e. The number of amides is 3. The van der Waals surface area contributed by atoms with E-state index in [1.807, 2.05) is 6.20 Å². The van der Waals surface area contributed by atoms with Crippen LogP contribution < -0.4 is 16.0 Å². The molecule has 2 aromatic rings. The molecule has 2 rings (SSSR count). The van der Waals surface area contributed by atoms with E-state index in [9.17, 15) is 14.4 Å². The lowest BCUT2D eigenvalue weighted by Crippen LogP contribution is -2.52. The molecule has 3 amide bonds. The van der Waals surface area contributed by atoms with Gasteiger partial charge in [0.1, 0.15) is 6.04 Å². The van der Waals surface area contributed by atoms with Crippen molar-refractivity contribution in [2.24, 2.45) is 0 Å². The van der Waals surface area contributed by atoms with E-state index >= 15 is 0 Å². The fourth-order valence-corrected chi connectivity index (χ4v) is 3.94. The molecular weight excluding hydrogens is 470 g/mol. The summed E-state index contributed by atoms with van der Waals surface area (Å²) >= 11 is 0. The minimum Gasteiger partial charge on any atom is -0.465 e. The standard InChI is InChI=1S/C28H43N5O4/c1-4-6-8-10-12-18-30-28(36)32-25(26(34)29-17-11-9-7-5-2)20-33-19-24(31-21-33)22-13-15-23(16-14-22)27(35)37-3/h13-16,19,21,25H,4-12,17-18,20H2,1-3H3,(H,29,34)(H2,30,32,36). The molecule has 1 aromatic carbocycles. The Morgan fingerprint density at radius 1 is 0.892 bits per heavy atom. The van der Waals surface area contributed by atoms with Gasteiger partial charge in [-0.05, 0) is 25.0 Å². The summed E-state index contributed by atoms with van der Waals surface area (Å²) in [4.78, 5) is 41.6. The van der Waals surface area contributed by atoms with Crippen molar-refractivity contribution in [2.75, 3.05) is 20.2 Å². The molecule has 9 heteroatoms. The number of esters is 1. The summed E-state index contributed by atoms with van der Waals surface area (Å²) in [5.41, 5.74) is 1.99. The van der Waals surface area contributed by atoms with E-state index in [2.05, 4.69) is 34.8 Å². The third-order valence-corrected chi connectivity index (χ3v) is 6.15. The van der Waals surface area contributed by atoms with Gasteiger partial charge in [0.2, 0.25) is 5.91 Å². The lowest BCUT2D eigenvalue weighted by Gasteiger charge is -2.19. The monoisotopic (exact) mass is 513 g/mol. The highest BCUT2D eigenvalue weighted by Gasteiger charge is 2.21. The summed E-state index contributed by atoms with van der Waals surface area (Å²) in [6.07, 6.45) is 13.2. The fourth-order valence-electron chi connectivity index (χ4n) is 3.94. The number of unbranched alkanes of at least 4 members (excludes halogenated alkanes) is 7. The van der Waals surface area contributed by atoms with Crippen molar-refractivity contribution >= 4 is 17.9 Å². The van der Waals surface area contributed by atoms with Crippen molar-refractivity contribution in [1.29, 1.82) is 0 Å². The summed E-state index contributed by atoms with van der Waals surface area (Å²) in [6, 6.07) is 5.87. The van der Waals surface area contributed by atoms with Crippen molar-refractivity contribution in [2.45, 2.75) is 84.2 Å². The first-order valence-electron chi connectivity index (χ1n) is 13.5. The number of hydrogen-bond acceptors (Lipinski definition) is 5. The first kappa shape index (κ1) is 29.9. The van der Waals surface area contributed by atoms with Gasteiger partial charge in [0.15, 0.2) is 0 Å². The number of ether oxygens (including phenoxy) is 1. The average Bonchev–Trinajstić information content (AvgIpc) is 3.38. The highest BCUT2D eigenvalue weighted by atomic mass is 16.5. The molecule has 204 valence electrons. The molecule has 1 unspecified atom stereocenters. The highest BCUT2D eigenvalue weighted by molar-refractivity contribution is 5.90. The summed E-state index contributed by atoms with van der Waals surface area (Å²) in [5, 5.41) is 8.66. The van der Waals surface area contributed by atoms with Crippen LogP contribution in [0.25, 0.3) is 11.3 Å². The quantitative estimate of drug-likeness (QED) is 0.210. The van der Waals surface area contributed by atoms with Crippen LogP contribution in [-0.2, 0) is 16.1 Å². The molecular formula is C28H43N5O4. The van der Waals surface area contributed by atoms with Crippen LogP contribution >= 0.6 is 0 Å². The van der Waals surface area contributed by atoms with Gasteiger partial charge in [-0.2, -0.15) is 0 Å². The lowest BCUT2D eigenvalue weighted by atomic mass is 10.1. The predicted octanol–water partition coefficient (Wildman–Crippen LogP) is 4.67. The van der Waals surface area contributed by atoms with Gasteiger partial charge in [0.25, 0.3) is 0 Å². The summed E-state index contributed by atoms with van der Waals surface area (Å²) in [7, 11) is 1.34. The molecule has 0 radical (unpaired) electrons. The predicted molar refractivity (Wildman–Crippen MR) is 145 cm³/mol. The largest absolute Gasteiger partial charge is 0.465 e. The molecule has 0 fully saturated rings. The Balaban J connectivity index is 1.99. The second kappa shape index (κ2) is 17.2. The van der Waals surface area contributed by atoms with E-state index < -0.39 is 12.0 Å². The lowest BCUT2D eigenvalue weighted by molar-refractivity contribution is -0.123. The zero-order chi connectivity index (χ0) is 26.9. The number of hydrogen-bond donors (Lipinski definition) is 3. The Kier molecular flexibility index (Phi) is 13.9. The molecule has 3 N–H and O–H groups in total. The fraction of sp³-hybridized carbons (Fsp3) is 0.571. The van der Waals surface area contributed by atoms with Crippen LogP contribution in [0.1, 0.15) is 82.0 Å². The van der Waals surface area contributed by atoms with Gasteiger partial charge < -0.3 is 25.3 Å². The zero-order valence-electron chi connectivity index (χ0n) is 22.6. The number of carbonyl (C=O) groups excluding carboxylic acids is 3. The van der Waals surface area contributed by atoms with Crippen LogP contribution in [0.3, 0.4) is 0 Å². The SMILES string of the molecule is CCCCCCCNC(=O)NC(Cn1cnc(-c2ccc(C(=O)OC)cc2)c1)C(=O)NCCCCCC. The smallest absolute Gasteiger partial charge is 0.337 e. The molecule has 9 nitrogen and oxygen atoms in total. The van der Waals surface area contributed by atoms with E-state index in [4.69, 9.17) is 4.74 Å². The Labute approximate surface area is 220 Å². The molecule has 0 saturated heterocycles. The van der Waals surface area contributed by atoms with E-state index in [0.717, 1.165) is 50.5 Å². The van der Waals surface area contributed by atoms with Crippen LogP contribution in [0.15, 0.2) is 36.8 Å². The van der Waals surface area contributed by atoms with Gasteiger partial charge in [-0.15, -0.1) is 0 Å². The number of nitrogens with one attached hydrogen (secondary N) is 3. The Morgan fingerprint density at radius 3 is 2.16 bits per heavy atom. The first-order chi connectivity index (χ1) is 18.0. The third-order valence-electron chi connectivity index (χ3n) is 6.15. The topological polar surface area (TPSA) is 114 Å². The zero-order valence-corrected chi connectivity index (χ0v) is 22.6. The molecule has 0 aliphatic rings. The second-order valence-corrected chi connectivity index (χ2v) is 9.24. The van der Waals surface area contributed by atoms with Crippen molar-refractivity contribution < 1.29 is 19.1 Å². The van der Waals surface area contributed by atoms with E-state index in [0.29, 0.717) is 24.3 Å². The van der Waals surface area contributed by atoms with E-state index in [1.54, 1.807) is 35.2 Å². The molecule has 1 heterocycles. The van der Waals surface area contributed by atoms with Gasteiger partial charge in [0.05, 0.1) is 31.2 Å². The molecule has 0 spiro atoms. The van der Waals surface area contributed by atoms with Crippen LogP contribution in [0.2, 0.25) is 0 Å². The summed E-state index contributed by atoms with van der Waals surface area (Å²) in [5.74, 6) is -0.613. The number of aromatic nitrogens is 2. The Hall–Kier alpha value is -3.36. The molecule has 0 bridgehead atoms. The van der Waals surface area contributed by atoms with E-state index in [1.165, 1.54) is 20.0 Å². The van der Waals surface area contributed by atoms with Gasteiger partial charge in [0, 0.05) is 24.8 Å². The molecule has 0 aliphatic carbocycles. The second-order valence-electron chi connectivity index (χ2n) is 9.24. The number of imidazole rings is 1. The molecule has 37 heavy (non-hydrogen) atoms. The number of carbonyl (C=O) groups is 3. The Morgan fingerprint density at radius 2 is 1.51 bits per heavy atom. The van der Waals surface area contributed by atoms with Crippen molar-refractivity contribution in [3.8, 4) is 11.3 Å². The van der Waals surface area contributed by atoms with Crippen molar-refractivity contribution in [1.82, 2.24) is 25.5 Å². The van der Waals surface area contributed by atoms with Crippen LogP contribution in [0.5, 0.6) is 0 Å². The number of benzene rings is 1. The van der Waals surface area contributed by atoms with Crippen molar-refractivity contribution in [3.63, 3.8) is 0 Å². The van der Waals surface area contributed by atoms with Gasteiger partial charge >= 0.3 is 12.0 Å². The minimum atomic E-state index is -0.741. The van der Waals surface area contributed by atoms with Gasteiger partial charge in [-0.3, -0.25) is 4.79 Å². The normalized spacial score (nSPS) is 11.5. The molecule has 0 aliphatic heterocycles. The maximum atomic E-state index is 12.9. The van der Waals surface area contributed by atoms with Crippen LogP contribution in [0.4, 0.5) is 4.79 Å². The molecule has 1 atom stereocenters. The van der Waals surface area contributed by atoms with Crippen LogP contribution in [0, 0.1) is 0 Å². The number of rotatable bonds is 17. The Bertz CT molecular complexity index is 958. The third kappa shape index (κ3) is 11.1. The maximum absolute atomic E-state index is 12.9. The number of nitrogens with zero attached hydrogens (tertiary/aromatic N) is 2. The average molecular weight is 514 g/mol. The summed E-state index contributed by atoms with van der Waals surface area (Å²) < 4.78 is 6.53. The minimum absolute atomic E-state index is 0.215. The van der Waals surface area contributed by atoms with Gasteiger partial charge in [-0.25, -0.2) is 14.6 Å². The summed E-state index contributed by atoms with van der Waals surface area (Å²) in [6.45, 7) is 5.73. The molecule has 0 saturated carbocycles. The van der Waals surface area contributed by atoms with Gasteiger partial charge in [-0.1, -0.05) is 70.9 Å².